The van der Waals surface area contributed by atoms with Gasteiger partial charge in [0.25, 0.3) is 0 Å². The van der Waals surface area contributed by atoms with Crippen molar-refractivity contribution < 1.29 is 9.08 Å². The molecule has 0 aromatic heterocycles. The Morgan fingerprint density at radius 3 is 2.84 bits per heavy atom. The molecular formula is C11H22ClN5O2. The van der Waals surface area contributed by atoms with Crippen LogP contribution in [0.1, 0.15) is 12.8 Å². The van der Waals surface area contributed by atoms with Crippen molar-refractivity contribution in [1.82, 2.24) is 20.9 Å². The number of nitrogens with zero attached hydrogens (tertiary/aromatic N) is 1. The van der Waals surface area contributed by atoms with E-state index in [1.165, 1.54) is 0 Å². The Balaban J connectivity index is 1.82. The lowest BCUT2D eigenvalue weighted by Crippen LogP contribution is -2.71. The molecule has 5 N–H and O–H groups in total. The summed E-state index contributed by atoms with van der Waals surface area (Å²) in [6, 6.07) is 0.204. The Kier molecular flexibility index (Phi) is 5.80. The summed E-state index contributed by atoms with van der Waals surface area (Å²) >= 11 is 5.02. The third-order valence-corrected chi connectivity index (χ3v) is 3.85. The lowest BCUT2D eigenvalue weighted by Gasteiger charge is -2.44. The van der Waals surface area contributed by atoms with Gasteiger partial charge in [0.1, 0.15) is 11.9 Å². The van der Waals surface area contributed by atoms with Crippen molar-refractivity contribution in [2.45, 2.75) is 31.2 Å². The van der Waals surface area contributed by atoms with E-state index in [-0.39, 0.29) is 18.4 Å². The average molecular weight is 292 g/mol. The molecule has 2 heterocycles. The van der Waals surface area contributed by atoms with Gasteiger partial charge in [-0.2, -0.15) is 0 Å². The second-order valence-electron chi connectivity index (χ2n) is 5.02. The van der Waals surface area contributed by atoms with Crippen LogP contribution in [-0.2, 0) is 9.08 Å². The zero-order chi connectivity index (χ0) is 13.7. The molecule has 110 valence electrons. The van der Waals surface area contributed by atoms with E-state index in [1.54, 1.807) is 0 Å². The van der Waals surface area contributed by atoms with Crippen molar-refractivity contribution in [3.8, 4) is 0 Å². The molecule has 8 heteroatoms. The largest absolute Gasteiger partial charge is 0.348 e. The maximum Gasteiger partial charge on any atom is 0.324 e. The molecule has 0 amide bonds. The highest BCUT2D eigenvalue weighted by atomic mass is 35.5. The molecule has 0 saturated carbocycles. The first kappa shape index (κ1) is 15.0. The molecule has 0 bridgehead atoms. The van der Waals surface area contributed by atoms with Crippen LogP contribution in [0, 0.1) is 0 Å². The van der Waals surface area contributed by atoms with Gasteiger partial charge in [0, 0.05) is 45.2 Å². The van der Waals surface area contributed by atoms with Gasteiger partial charge >= 0.3 is 5.97 Å². The van der Waals surface area contributed by atoms with Crippen LogP contribution in [-0.4, -0.2) is 62.0 Å². The van der Waals surface area contributed by atoms with E-state index in [9.17, 15) is 4.79 Å². The minimum atomic E-state index is -0.392. The van der Waals surface area contributed by atoms with Crippen molar-refractivity contribution in [3.63, 3.8) is 0 Å². The van der Waals surface area contributed by atoms with Gasteiger partial charge in [-0.3, -0.25) is 20.3 Å². The zero-order valence-corrected chi connectivity index (χ0v) is 11.7. The van der Waals surface area contributed by atoms with Crippen LogP contribution < -0.4 is 21.7 Å². The standard InChI is InChI=1S/C11H22ClN5O2/c12-19-9(18)2-1-8-7-15-10(13)11(16-8)17-5-3-14-4-6-17/h8,10-11,14-16H,1-7,13H2. The van der Waals surface area contributed by atoms with Crippen LogP contribution in [0.3, 0.4) is 0 Å². The molecule has 0 aromatic carbocycles. The highest BCUT2D eigenvalue weighted by Gasteiger charge is 2.32. The number of nitrogens with one attached hydrogen (secondary N) is 3. The summed E-state index contributed by atoms with van der Waals surface area (Å²) in [7, 11) is 0. The predicted molar refractivity (Wildman–Crippen MR) is 72.3 cm³/mol. The summed E-state index contributed by atoms with van der Waals surface area (Å²) in [5.74, 6) is -0.392. The molecule has 0 aliphatic carbocycles. The van der Waals surface area contributed by atoms with E-state index in [0.717, 1.165) is 32.7 Å². The fraction of sp³-hybridized carbons (Fsp3) is 0.909. The molecule has 2 rings (SSSR count). The number of nitrogens with two attached hydrogens (primary N) is 1. The van der Waals surface area contributed by atoms with Gasteiger partial charge < -0.3 is 15.3 Å². The SMILES string of the molecule is NC1NCC(CCC(=O)OCl)NC1N1CCNCC1. The minimum Gasteiger partial charge on any atom is -0.348 e. The molecule has 0 radical (unpaired) electrons. The molecule has 2 aliphatic heterocycles. The van der Waals surface area contributed by atoms with Crippen LogP contribution in [0.15, 0.2) is 0 Å². The van der Waals surface area contributed by atoms with Gasteiger partial charge in [0.05, 0.1) is 12.3 Å². The normalized spacial score (nSPS) is 33.1. The van der Waals surface area contributed by atoms with Gasteiger partial charge in [-0.15, -0.1) is 0 Å². The van der Waals surface area contributed by atoms with Crippen LogP contribution in [0.5, 0.6) is 0 Å². The van der Waals surface area contributed by atoms with Crippen molar-refractivity contribution in [2.75, 3.05) is 32.7 Å². The van der Waals surface area contributed by atoms with Crippen LogP contribution >= 0.6 is 11.9 Å². The fourth-order valence-electron chi connectivity index (χ4n) is 2.60. The maximum atomic E-state index is 11.1. The summed E-state index contributed by atoms with van der Waals surface area (Å²) in [6.45, 7) is 4.66. The second-order valence-corrected chi connectivity index (χ2v) is 5.17. The van der Waals surface area contributed by atoms with E-state index in [0.29, 0.717) is 12.8 Å². The van der Waals surface area contributed by atoms with Gasteiger partial charge in [0.15, 0.2) is 0 Å². The number of hydrogen-bond acceptors (Lipinski definition) is 7. The van der Waals surface area contributed by atoms with E-state index in [2.05, 4.69) is 25.1 Å². The smallest absolute Gasteiger partial charge is 0.324 e. The molecule has 3 unspecified atom stereocenters. The summed E-state index contributed by atoms with van der Waals surface area (Å²) in [5, 5.41) is 10.1. The Hall–Kier alpha value is -0.440. The monoisotopic (exact) mass is 291 g/mol. The molecule has 2 fully saturated rings. The van der Waals surface area contributed by atoms with E-state index in [4.69, 9.17) is 17.6 Å². The van der Waals surface area contributed by atoms with E-state index in [1.807, 2.05) is 0 Å². The molecule has 19 heavy (non-hydrogen) atoms. The van der Waals surface area contributed by atoms with Crippen LogP contribution in [0.2, 0.25) is 0 Å². The van der Waals surface area contributed by atoms with Crippen molar-refractivity contribution in [3.05, 3.63) is 0 Å². The Labute approximate surface area is 118 Å². The third kappa shape index (κ3) is 4.27. The molecule has 0 aromatic rings. The van der Waals surface area contributed by atoms with Gasteiger partial charge in [-0.25, -0.2) is 0 Å². The topological polar surface area (TPSA) is 91.6 Å². The quantitative estimate of drug-likeness (QED) is 0.503. The first-order chi connectivity index (χ1) is 9.20. The van der Waals surface area contributed by atoms with Gasteiger partial charge in [-0.05, 0) is 6.42 Å². The first-order valence-electron chi connectivity index (χ1n) is 6.72. The second kappa shape index (κ2) is 7.37. The van der Waals surface area contributed by atoms with E-state index < -0.39 is 5.97 Å². The van der Waals surface area contributed by atoms with Crippen LogP contribution in [0.25, 0.3) is 0 Å². The predicted octanol–water partition coefficient (Wildman–Crippen LogP) is -1.46. The highest BCUT2D eigenvalue weighted by Crippen LogP contribution is 2.10. The van der Waals surface area contributed by atoms with Gasteiger partial charge in [0.2, 0.25) is 0 Å². The maximum absolute atomic E-state index is 11.1. The first-order valence-corrected chi connectivity index (χ1v) is 7.03. The Bertz CT molecular complexity index is 301. The Morgan fingerprint density at radius 2 is 2.16 bits per heavy atom. The fourth-order valence-corrected chi connectivity index (χ4v) is 2.68. The average Bonchev–Trinajstić information content (AvgIpc) is 2.47. The number of rotatable bonds is 4. The van der Waals surface area contributed by atoms with Crippen LogP contribution in [0.4, 0.5) is 0 Å². The number of carbonyl (C=O) groups is 1. The molecule has 0 spiro atoms. The molecular weight excluding hydrogens is 270 g/mol. The highest BCUT2D eigenvalue weighted by molar-refractivity contribution is 6.13. The summed E-state index contributed by atoms with van der Waals surface area (Å²) in [5.41, 5.74) is 6.11. The molecule has 2 aliphatic rings. The lowest BCUT2D eigenvalue weighted by molar-refractivity contribution is -0.134. The Morgan fingerprint density at radius 1 is 1.42 bits per heavy atom. The third-order valence-electron chi connectivity index (χ3n) is 3.67. The molecule has 7 nitrogen and oxygen atoms in total. The minimum absolute atomic E-state index is 0.0886. The zero-order valence-electron chi connectivity index (χ0n) is 10.9. The molecule has 2 saturated heterocycles. The van der Waals surface area contributed by atoms with Gasteiger partial charge in [-0.1, -0.05) is 0 Å². The lowest BCUT2D eigenvalue weighted by atomic mass is 10.1. The number of hydrogen-bond donors (Lipinski definition) is 4. The van der Waals surface area contributed by atoms with Crippen molar-refractivity contribution in [1.29, 1.82) is 0 Å². The number of piperazine rings is 2. The molecule has 3 atom stereocenters. The number of carbonyl (C=O) groups excluding carboxylic acids is 1. The summed E-state index contributed by atoms with van der Waals surface area (Å²) < 4.78 is 4.15. The van der Waals surface area contributed by atoms with Crippen molar-refractivity contribution >= 4 is 17.8 Å². The van der Waals surface area contributed by atoms with Crippen molar-refractivity contribution in [2.24, 2.45) is 5.73 Å². The summed E-state index contributed by atoms with van der Waals surface area (Å²) in [6.07, 6.45) is 1.02. The number of halogens is 1. The van der Waals surface area contributed by atoms with E-state index >= 15 is 0 Å². The summed E-state index contributed by atoms with van der Waals surface area (Å²) in [4.78, 5) is 13.4.